The third-order valence-corrected chi connectivity index (χ3v) is 10.9. The molecule has 256 valence electrons. The van der Waals surface area contributed by atoms with E-state index in [0.717, 1.165) is 77.2 Å². The number of furan rings is 1. The van der Waals surface area contributed by atoms with Gasteiger partial charge in [-0.05, 0) is 117 Å². The van der Waals surface area contributed by atoms with E-state index in [-0.39, 0.29) is 5.41 Å². The molecular weight excluding hydrogens is 629 g/mol. The maximum atomic E-state index is 6.73. The van der Waals surface area contributed by atoms with Crippen LogP contribution in [0, 0.1) is 0 Å². The first-order valence-corrected chi connectivity index (χ1v) is 18.7. The number of para-hydroxylation sites is 1. The van der Waals surface area contributed by atoms with E-state index in [9.17, 15) is 0 Å². The molecule has 0 N–H and O–H groups in total. The van der Waals surface area contributed by atoms with Crippen molar-refractivity contribution in [2.45, 2.75) is 57.8 Å². The summed E-state index contributed by atoms with van der Waals surface area (Å²) in [5.74, 6) is 0. The van der Waals surface area contributed by atoms with Crippen LogP contribution in [-0.2, 0) is 11.8 Å². The second kappa shape index (κ2) is 14.2. The Bertz CT molecular complexity index is 2560. The number of hydrogen-bond acceptors (Lipinski definition) is 1. The predicted molar refractivity (Wildman–Crippen MR) is 222 cm³/mol. The quantitative estimate of drug-likeness (QED) is 0.169. The molecule has 0 spiro atoms. The van der Waals surface area contributed by atoms with Crippen LogP contribution in [0.25, 0.3) is 39.2 Å². The Kier molecular flexibility index (Phi) is 9.12. The van der Waals surface area contributed by atoms with Gasteiger partial charge in [0.25, 0.3) is 0 Å². The van der Waals surface area contributed by atoms with Gasteiger partial charge in [-0.2, -0.15) is 0 Å². The number of fused-ring (bicyclic) bond motifs is 7. The van der Waals surface area contributed by atoms with E-state index in [2.05, 4.69) is 173 Å². The molecular formula is C51H46O. The zero-order valence-electron chi connectivity index (χ0n) is 30.4. The van der Waals surface area contributed by atoms with E-state index in [1.807, 2.05) is 0 Å². The van der Waals surface area contributed by atoms with Gasteiger partial charge in [0.1, 0.15) is 11.2 Å². The van der Waals surface area contributed by atoms with Gasteiger partial charge in [0.2, 0.25) is 0 Å². The van der Waals surface area contributed by atoms with Crippen LogP contribution >= 0.6 is 0 Å². The topological polar surface area (TPSA) is 13.1 Å². The fourth-order valence-electron chi connectivity index (χ4n) is 8.23. The molecule has 1 heterocycles. The molecule has 0 atom stereocenters. The van der Waals surface area contributed by atoms with Gasteiger partial charge in [0.15, 0.2) is 0 Å². The first-order chi connectivity index (χ1) is 25.4. The first-order valence-electron chi connectivity index (χ1n) is 18.7. The minimum Gasteiger partial charge on any atom is -0.455 e. The van der Waals surface area contributed by atoms with Crippen LogP contribution < -0.4 is 10.4 Å². The van der Waals surface area contributed by atoms with Crippen LogP contribution in [-0.4, -0.2) is 0 Å². The highest BCUT2D eigenvalue weighted by molar-refractivity contribution is 6.08. The van der Waals surface area contributed by atoms with Gasteiger partial charge in [0.05, 0.1) is 0 Å². The van der Waals surface area contributed by atoms with Crippen molar-refractivity contribution in [3.63, 3.8) is 0 Å². The number of allylic oxidation sites excluding steroid dienone is 13. The van der Waals surface area contributed by atoms with E-state index in [4.69, 9.17) is 4.42 Å². The summed E-state index contributed by atoms with van der Waals surface area (Å²) in [5, 5.41) is 4.71. The molecule has 0 fully saturated rings. The van der Waals surface area contributed by atoms with Crippen LogP contribution in [0.1, 0.15) is 68.2 Å². The summed E-state index contributed by atoms with van der Waals surface area (Å²) in [4.78, 5) is 0. The Hall–Kier alpha value is -5.66. The number of benzene rings is 4. The summed E-state index contributed by atoms with van der Waals surface area (Å²) >= 11 is 0. The zero-order valence-corrected chi connectivity index (χ0v) is 30.4. The molecule has 52 heavy (non-hydrogen) atoms. The number of rotatable bonds is 5. The Morgan fingerprint density at radius 2 is 1.46 bits per heavy atom. The van der Waals surface area contributed by atoms with Crippen LogP contribution in [0.15, 0.2) is 179 Å². The molecule has 1 heteroatoms. The highest BCUT2D eigenvalue weighted by Crippen LogP contribution is 2.42. The van der Waals surface area contributed by atoms with Gasteiger partial charge in [-0.3, -0.25) is 0 Å². The fraction of sp³-hybridized carbons (Fsp3) is 0.176. The third kappa shape index (κ3) is 6.48. The van der Waals surface area contributed by atoms with E-state index in [1.54, 1.807) is 0 Å². The molecule has 0 bridgehead atoms. The second-order valence-corrected chi connectivity index (χ2v) is 15.0. The number of hydrogen-bond donors (Lipinski definition) is 0. The molecule has 5 aromatic rings. The molecule has 0 aliphatic heterocycles. The Morgan fingerprint density at radius 1 is 0.712 bits per heavy atom. The van der Waals surface area contributed by atoms with Crippen LogP contribution in [0.2, 0.25) is 0 Å². The minimum atomic E-state index is -0.120. The molecule has 0 amide bonds. The molecule has 0 saturated heterocycles. The summed E-state index contributed by atoms with van der Waals surface area (Å²) in [6.45, 7) is 13.8. The predicted octanol–water partition coefficient (Wildman–Crippen LogP) is 12.1. The molecule has 0 saturated carbocycles. The SMILES string of the molecule is C=C(/C=C\C(=C)C1=c2cccc/c2=C(C2=Cc3c(ccc4c3oc3ccccc34)Cc3ccccc3C(C)(C)C2)/C=C/CCC=C1)C1=CC=CCC1. The van der Waals surface area contributed by atoms with Crippen LogP contribution in [0.3, 0.4) is 0 Å². The largest absolute Gasteiger partial charge is 0.455 e. The van der Waals surface area contributed by atoms with Crippen molar-refractivity contribution >= 4 is 39.2 Å². The van der Waals surface area contributed by atoms with Crippen LogP contribution in [0.4, 0.5) is 0 Å². The Morgan fingerprint density at radius 3 is 2.31 bits per heavy atom. The van der Waals surface area contributed by atoms with Crippen molar-refractivity contribution in [1.82, 2.24) is 0 Å². The summed E-state index contributed by atoms with van der Waals surface area (Å²) in [5.41, 5.74) is 14.0. The standard InChI is InChI=1S/C51H46O/c1-35(37-18-8-7-9-19-37)28-29-36(2)41-21-10-5-6-11-22-42(44-24-14-13-23-43(41)44)40-33-47-38(32-39-20-12-16-26-48(39)51(3,4)34-40)30-31-46-45-25-15-17-27-49(45)52-50(46)47/h7-8,10-18,20-31,33H,1-2,5-6,9,19,32,34H2,3-4H3/b21-10?,22-11+,29-28-,40-33?,43-41?,44-42+. The molecule has 8 rings (SSSR count). The van der Waals surface area contributed by atoms with E-state index < -0.39 is 0 Å². The lowest BCUT2D eigenvalue weighted by atomic mass is 9.75. The van der Waals surface area contributed by atoms with Gasteiger partial charge in [-0.1, -0.05) is 161 Å². The lowest BCUT2D eigenvalue weighted by Gasteiger charge is -2.29. The maximum Gasteiger partial charge on any atom is 0.142 e. The summed E-state index contributed by atoms with van der Waals surface area (Å²) in [6.07, 6.45) is 28.3. The molecule has 0 radical (unpaired) electrons. The summed E-state index contributed by atoms with van der Waals surface area (Å²) in [7, 11) is 0. The smallest absolute Gasteiger partial charge is 0.142 e. The maximum absolute atomic E-state index is 6.73. The van der Waals surface area contributed by atoms with Crippen molar-refractivity contribution in [2.24, 2.45) is 0 Å². The van der Waals surface area contributed by atoms with Crippen molar-refractivity contribution in [3.8, 4) is 0 Å². The summed E-state index contributed by atoms with van der Waals surface area (Å²) in [6, 6.07) is 30.9. The lowest BCUT2D eigenvalue weighted by molar-refractivity contribution is 0.523. The molecule has 4 aromatic carbocycles. The van der Waals surface area contributed by atoms with E-state index in [0.29, 0.717) is 0 Å². The van der Waals surface area contributed by atoms with Gasteiger partial charge in [0, 0.05) is 16.3 Å². The average molecular weight is 675 g/mol. The van der Waals surface area contributed by atoms with Crippen molar-refractivity contribution < 1.29 is 4.42 Å². The third-order valence-electron chi connectivity index (χ3n) is 10.9. The molecule has 3 aliphatic carbocycles. The highest BCUT2D eigenvalue weighted by Gasteiger charge is 2.29. The Labute approximate surface area is 308 Å². The Balaban J connectivity index is 1.40. The fourth-order valence-corrected chi connectivity index (χ4v) is 8.23. The average Bonchev–Trinajstić information content (AvgIpc) is 3.56. The normalized spacial score (nSPS) is 18.8. The molecule has 1 aromatic heterocycles. The molecule has 3 aliphatic rings. The minimum absolute atomic E-state index is 0.120. The van der Waals surface area contributed by atoms with E-state index >= 15 is 0 Å². The van der Waals surface area contributed by atoms with Gasteiger partial charge < -0.3 is 4.42 Å². The van der Waals surface area contributed by atoms with Gasteiger partial charge >= 0.3 is 0 Å². The molecule has 1 nitrogen and oxygen atoms in total. The van der Waals surface area contributed by atoms with E-state index in [1.165, 1.54) is 49.4 Å². The second-order valence-electron chi connectivity index (χ2n) is 15.0. The van der Waals surface area contributed by atoms with Gasteiger partial charge in [-0.15, -0.1) is 0 Å². The van der Waals surface area contributed by atoms with Crippen molar-refractivity contribution in [2.75, 3.05) is 0 Å². The monoisotopic (exact) mass is 674 g/mol. The summed E-state index contributed by atoms with van der Waals surface area (Å²) < 4.78 is 6.73. The molecule has 0 unspecified atom stereocenters. The van der Waals surface area contributed by atoms with Crippen LogP contribution in [0.5, 0.6) is 0 Å². The first kappa shape index (κ1) is 33.5. The highest BCUT2D eigenvalue weighted by atomic mass is 16.3. The van der Waals surface area contributed by atoms with Crippen molar-refractivity contribution in [3.05, 3.63) is 208 Å². The van der Waals surface area contributed by atoms with Gasteiger partial charge in [-0.25, -0.2) is 0 Å². The lowest BCUT2D eigenvalue weighted by Crippen LogP contribution is -2.30. The van der Waals surface area contributed by atoms with Crippen molar-refractivity contribution in [1.29, 1.82) is 0 Å². The zero-order chi connectivity index (χ0) is 35.7.